The van der Waals surface area contributed by atoms with E-state index in [-0.39, 0.29) is 5.11 Å². The SMILES string of the molecule is O=C(/C=C/c1ccc(-c2ccc(Cl)cc2Cl)o1)NC(=S)Nc1cc(Cl)ccc1Cl. The first-order valence-electron chi connectivity index (χ1n) is 8.12. The fourth-order valence-corrected chi connectivity index (χ4v) is 3.38. The molecule has 0 atom stereocenters. The highest BCUT2D eigenvalue weighted by Gasteiger charge is 2.09. The smallest absolute Gasteiger partial charge is 0.250 e. The number of rotatable bonds is 4. The summed E-state index contributed by atoms with van der Waals surface area (Å²) >= 11 is 29.2. The van der Waals surface area contributed by atoms with Gasteiger partial charge in [-0.15, -0.1) is 0 Å². The van der Waals surface area contributed by atoms with E-state index in [1.807, 2.05) is 0 Å². The Labute approximate surface area is 192 Å². The normalized spacial score (nSPS) is 10.9. The van der Waals surface area contributed by atoms with E-state index in [9.17, 15) is 4.79 Å². The molecule has 2 aromatic carbocycles. The first-order chi connectivity index (χ1) is 13.8. The molecule has 0 fully saturated rings. The van der Waals surface area contributed by atoms with Gasteiger partial charge in [-0.05, 0) is 66.8 Å². The molecule has 0 bridgehead atoms. The van der Waals surface area contributed by atoms with Crippen LogP contribution >= 0.6 is 58.6 Å². The molecule has 4 nitrogen and oxygen atoms in total. The third-order valence-corrected chi connectivity index (χ3v) is 4.95. The molecule has 3 aromatic rings. The van der Waals surface area contributed by atoms with Crippen molar-refractivity contribution in [3.63, 3.8) is 0 Å². The molecular weight excluding hydrogens is 474 g/mol. The maximum Gasteiger partial charge on any atom is 0.250 e. The topological polar surface area (TPSA) is 54.3 Å². The highest BCUT2D eigenvalue weighted by molar-refractivity contribution is 7.80. The number of benzene rings is 2. The second kappa shape index (κ2) is 9.65. The van der Waals surface area contributed by atoms with Crippen molar-refractivity contribution in [2.45, 2.75) is 0 Å². The van der Waals surface area contributed by atoms with E-state index < -0.39 is 5.91 Å². The molecule has 1 amide bonds. The van der Waals surface area contributed by atoms with Crippen LogP contribution in [0.3, 0.4) is 0 Å². The molecule has 0 spiro atoms. The minimum Gasteiger partial charge on any atom is -0.457 e. The summed E-state index contributed by atoms with van der Waals surface area (Å²) in [5, 5.41) is 7.32. The lowest BCUT2D eigenvalue weighted by Gasteiger charge is -2.09. The van der Waals surface area contributed by atoms with Crippen LogP contribution in [0.2, 0.25) is 20.1 Å². The van der Waals surface area contributed by atoms with E-state index >= 15 is 0 Å². The Kier molecular flexibility index (Phi) is 7.22. The van der Waals surface area contributed by atoms with Gasteiger partial charge in [0.25, 0.3) is 0 Å². The van der Waals surface area contributed by atoms with Crippen molar-refractivity contribution in [2.75, 3.05) is 5.32 Å². The largest absolute Gasteiger partial charge is 0.457 e. The van der Waals surface area contributed by atoms with E-state index in [4.69, 9.17) is 63.0 Å². The van der Waals surface area contributed by atoms with Gasteiger partial charge in [-0.3, -0.25) is 10.1 Å². The molecule has 148 valence electrons. The second-order valence-corrected chi connectivity index (χ2v) is 7.82. The van der Waals surface area contributed by atoms with Crippen LogP contribution in [0, 0.1) is 0 Å². The third-order valence-electron chi connectivity index (χ3n) is 3.64. The number of furan rings is 1. The summed E-state index contributed by atoms with van der Waals surface area (Å²) in [5.41, 5.74) is 1.19. The number of anilines is 1. The molecular formula is C20H12Cl4N2O2S. The molecule has 29 heavy (non-hydrogen) atoms. The lowest BCUT2D eigenvalue weighted by Crippen LogP contribution is -2.32. The zero-order valence-electron chi connectivity index (χ0n) is 14.5. The Hall–Kier alpha value is -2.02. The predicted molar refractivity (Wildman–Crippen MR) is 124 cm³/mol. The molecule has 0 aliphatic carbocycles. The number of amides is 1. The Morgan fingerprint density at radius 2 is 1.66 bits per heavy atom. The average Bonchev–Trinajstić information content (AvgIpc) is 3.11. The van der Waals surface area contributed by atoms with Crippen LogP contribution in [0.1, 0.15) is 5.76 Å². The van der Waals surface area contributed by atoms with Crippen LogP contribution in [0.5, 0.6) is 0 Å². The van der Waals surface area contributed by atoms with Gasteiger partial charge in [-0.1, -0.05) is 46.4 Å². The number of hydrogen-bond acceptors (Lipinski definition) is 3. The number of thiocarbonyl (C=S) groups is 1. The molecule has 3 rings (SSSR count). The summed E-state index contributed by atoms with van der Waals surface area (Å²) in [4.78, 5) is 12.1. The van der Waals surface area contributed by atoms with E-state index in [2.05, 4.69) is 10.6 Å². The Morgan fingerprint density at radius 3 is 2.41 bits per heavy atom. The lowest BCUT2D eigenvalue weighted by atomic mass is 10.2. The molecule has 0 saturated carbocycles. The number of halogens is 4. The number of hydrogen-bond donors (Lipinski definition) is 2. The predicted octanol–water partition coefficient (Wildman–Crippen LogP) is 7.09. The second-order valence-electron chi connectivity index (χ2n) is 5.73. The van der Waals surface area contributed by atoms with E-state index in [1.165, 1.54) is 12.2 Å². The Morgan fingerprint density at radius 1 is 0.931 bits per heavy atom. The molecule has 0 radical (unpaired) electrons. The van der Waals surface area contributed by atoms with E-state index in [0.29, 0.717) is 42.9 Å². The third kappa shape index (κ3) is 5.98. The molecule has 0 unspecified atom stereocenters. The van der Waals surface area contributed by atoms with E-state index in [1.54, 1.807) is 48.5 Å². The highest BCUT2D eigenvalue weighted by Crippen LogP contribution is 2.31. The van der Waals surface area contributed by atoms with Crippen LogP contribution < -0.4 is 10.6 Å². The quantitative estimate of drug-likeness (QED) is 0.306. The number of nitrogens with one attached hydrogen (secondary N) is 2. The van der Waals surface area contributed by atoms with Crippen LogP contribution in [-0.4, -0.2) is 11.0 Å². The summed E-state index contributed by atoms with van der Waals surface area (Å²) in [6.45, 7) is 0. The molecule has 1 heterocycles. The molecule has 9 heteroatoms. The van der Waals surface area contributed by atoms with Gasteiger partial charge in [0, 0.05) is 21.7 Å². The molecule has 2 N–H and O–H groups in total. The standard InChI is InChI=1S/C20H12Cl4N2O2S/c21-11-1-5-14(16(24)9-11)18-7-3-13(28-18)4-8-19(27)26-20(29)25-17-10-12(22)2-6-15(17)23/h1-10H,(H2,25,26,27,29)/b8-4+. The molecule has 1 aromatic heterocycles. The minimum atomic E-state index is -0.442. The van der Waals surface area contributed by atoms with Crippen molar-refractivity contribution in [1.29, 1.82) is 0 Å². The van der Waals surface area contributed by atoms with Gasteiger partial charge in [0.2, 0.25) is 5.91 Å². The van der Waals surface area contributed by atoms with Crippen molar-refractivity contribution in [1.82, 2.24) is 5.32 Å². The lowest BCUT2D eigenvalue weighted by molar-refractivity contribution is -0.115. The van der Waals surface area contributed by atoms with Crippen molar-refractivity contribution in [3.8, 4) is 11.3 Å². The number of carbonyl (C=O) groups is 1. The molecule has 0 saturated heterocycles. The Bertz CT molecular complexity index is 1110. The van der Waals surface area contributed by atoms with Crippen molar-refractivity contribution in [3.05, 3.63) is 80.5 Å². The average molecular weight is 486 g/mol. The summed E-state index contributed by atoms with van der Waals surface area (Å²) in [6.07, 6.45) is 2.80. The first kappa shape index (κ1) is 21.7. The fraction of sp³-hybridized carbons (Fsp3) is 0. The minimum absolute atomic E-state index is 0.0805. The summed E-state index contributed by atoms with van der Waals surface area (Å²) in [5.74, 6) is 0.584. The van der Waals surface area contributed by atoms with Gasteiger partial charge < -0.3 is 9.73 Å². The monoisotopic (exact) mass is 484 g/mol. The van der Waals surface area contributed by atoms with Gasteiger partial charge in [0.15, 0.2) is 5.11 Å². The van der Waals surface area contributed by atoms with Crippen molar-refractivity contribution in [2.24, 2.45) is 0 Å². The summed E-state index contributed by atoms with van der Waals surface area (Å²) in [7, 11) is 0. The zero-order valence-corrected chi connectivity index (χ0v) is 18.4. The van der Waals surface area contributed by atoms with Crippen molar-refractivity contribution < 1.29 is 9.21 Å². The molecule has 0 aliphatic rings. The Balaban J connectivity index is 1.61. The summed E-state index contributed by atoms with van der Waals surface area (Å²) in [6, 6.07) is 13.4. The fourth-order valence-electron chi connectivity index (χ4n) is 2.33. The van der Waals surface area contributed by atoms with Gasteiger partial charge in [-0.25, -0.2) is 0 Å². The van der Waals surface area contributed by atoms with Crippen LogP contribution in [-0.2, 0) is 4.79 Å². The van der Waals surface area contributed by atoms with E-state index in [0.717, 1.165) is 0 Å². The molecule has 0 aliphatic heterocycles. The first-order valence-corrected chi connectivity index (χ1v) is 10.0. The van der Waals surface area contributed by atoms with Crippen molar-refractivity contribution >= 4 is 81.4 Å². The van der Waals surface area contributed by atoms with Gasteiger partial charge in [0.05, 0.1) is 15.7 Å². The van der Waals surface area contributed by atoms with Crippen LogP contribution in [0.4, 0.5) is 5.69 Å². The van der Waals surface area contributed by atoms with Gasteiger partial charge in [-0.2, -0.15) is 0 Å². The summed E-state index contributed by atoms with van der Waals surface area (Å²) < 4.78 is 5.70. The highest BCUT2D eigenvalue weighted by atomic mass is 35.5. The maximum absolute atomic E-state index is 12.1. The van der Waals surface area contributed by atoms with Gasteiger partial charge in [0.1, 0.15) is 11.5 Å². The zero-order chi connectivity index (χ0) is 21.0. The number of carbonyl (C=O) groups excluding carboxylic acids is 1. The van der Waals surface area contributed by atoms with Crippen LogP contribution in [0.15, 0.2) is 59.0 Å². The van der Waals surface area contributed by atoms with Gasteiger partial charge >= 0.3 is 0 Å². The maximum atomic E-state index is 12.1. The van der Waals surface area contributed by atoms with Crippen LogP contribution in [0.25, 0.3) is 17.4 Å².